The lowest BCUT2D eigenvalue weighted by atomic mass is 9.96. The van der Waals surface area contributed by atoms with Crippen molar-refractivity contribution in [3.63, 3.8) is 0 Å². The minimum absolute atomic E-state index is 0.0404. The molecule has 1 saturated heterocycles. The number of carboxylic acid groups (broad SMARTS) is 1. The van der Waals surface area contributed by atoms with Crippen molar-refractivity contribution in [3.05, 3.63) is 59.7 Å². The normalized spacial score (nSPS) is 20.3. The van der Waals surface area contributed by atoms with Crippen LogP contribution < -0.4 is 16.0 Å². The second-order valence-corrected chi connectivity index (χ2v) is 13.4. The fourth-order valence-electron chi connectivity index (χ4n) is 6.69. The van der Waals surface area contributed by atoms with Crippen LogP contribution in [0.25, 0.3) is 11.1 Å². The van der Waals surface area contributed by atoms with Crippen molar-refractivity contribution < 1.29 is 67.1 Å². The number of carbonyl (C=O) groups is 7. The molecule has 6 atom stereocenters. The summed E-state index contributed by atoms with van der Waals surface area (Å²) in [6.07, 6.45) is -4.53. The standard InChI is InChI=1S/C39H49N3O14/c1-22(43)41-34-36(55-25(4)46)35(54-24(3)45)32(21-52-23(2)44)56-38(34)51-19-11-17-33(47)40-18-10-9-16-31(37(48)49)42-39(50)53-20-30-28-14-7-5-12-26(28)27-13-6-8-15-29(27)30/h5-8,12-15,30-32,34-36,38H,9-11,16-21H2,1-4H3,(H,40,47)(H,41,43)(H,42,50)(H,48,49)/t31-,32?,34?,35+,36+,38+/m0/s1. The molecule has 1 aliphatic carbocycles. The number of hydrogen-bond acceptors (Lipinski definition) is 13. The van der Waals surface area contributed by atoms with E-state index in [0.717, 1.165) is 36.1 Å². The largest absolute Gasteiger partial charge is 0.480 e. The van der Waals surface area contributed by atoms with Crippen molar-refractivity contribution in [2.45, 2.75) is 102 Å². The summed E-state index contributed by atoms with van der Waals surface area (Å²) in [6.45, 7) is 4.55. The van der Waals surface area contributed by atoms with Crippen molar-refractivity contribution in [1.82, 2.24) is 16.0 Å². The Hall–Kier alpha value is -5.55. The van der Waals surface area contributed by atoms with Crippen LogP contribution in [-0.4, -0.2) is 110 Å². The molecule has 3 amide bonds. The lowest BCUT2D eigenvalue weighted by molar-refractivity contribution is -0.277. The zero-order valence-electron chi connectivity index (χ0n) is 31.8. The molecular formula is C39H49N3O14. The van der Waals surface area contributed by atoms with Crippen molar-refractivity contribution in [3.8, 4) is 11.1 Å². The van der Waals surface area contributed by atoms with E-state index in [1.807, 2.05) is 48.5 Å². The minimum atomic E-state index is -1.27. The Labute approximate surface area is 324 Å². The van der Waals surface area contributed by atoms with E-state index >= 15 is 0 Å². The summed E-state index contributed by atoms with van der Waals surface area (Å²) in [5, 5.41) is 17.5. The topological polar surface area (TPSA) is 231 Å². The second-order valence-electron chi connectivity index (χ2n) is 13.4. The number of benzene rings is 2. The molecule has 2 aliphatic rings. The number of carboxylic acids is 1. The van der Waals surface area contributed by atoms with Gasteiger partial charge in [0.25, 0.3) is 0 Å². The first kappa shape index (κ1) is 43.2. The fraction of sp³-hybridized carbons (Fsp3) is 0.513. The molecule has 4 N–H and O–H groups in total. The molecule has 17 nitrogen and oxygen atoms in total. The molecule has 56 heavy (non-hydrogen) atoms. The molecule has 0 saturated carbocycles. The third-order valence-corrected chi connectivity index (χ3v) is 9.08. The molecule has 4 rings (SSSR count). The average Bonchev–Trinajstić information content (AvgIpc) is 3.46. The summed E-state index contributed by atoms with van der Waals surface area (Å²) in [4.78, 5) is 84.6. The van der Waals surface area contributed by atoms with Gasteiger partial charge in [-0.2, -0.15) is 0 Å². The zero-order valence-corrected chi connectivity index (χ0v) is 31.8. The Morgan fingerprint density at radius 1 is 0.768 bits per heavy atom. The summed E-state index contributed by atoms with van der Waals surface area (Å²) < 4.78 is 33.2. The van der Waals surface area contributed by atoms with Crippen molar-refractivity contribution in [2.75, 3.05) is 26.4 Å². The highest BCUT2D eigenvalue weighted by Crippen LogP contribution is 2.44. The highest BCUT2D eigenvalue weighted by atomic mass is 16.7. The minimum Gasteiger partial charge on any atom is -0.480 e. The molecule has 304 valence electrons. The third-order valence-electron chi connectivity index (χ3n) is 9.08. The van der Waals surface area contributed by atoms with Gasteiger partial charge in [0.15, 0.2) is 18.5 Å². The molecule has 1 aliphatic heterocycles. The maximum Gasteiger partial charge on any atom is 0.407 e. The highest BCUT2D eigenvalue weighted by molar-refractivity contribution is 5.81. The number of fused-ring (bicyclic) bond motifs is 3. The number of esters is 3. The van der Waals surface area contributed by atoms with Crippen LogP contribution in [0.1, 0.15) is 76.8 Å². The fourth-order valence-corrected chi connectivity index (χ4v) is 6.69. The van der Waals surface area contributed by atoms with Gasteiger partial charge in [0.2, 0.25) is 11.8 Å². The Morgan fingerprint density at radius 2 is 1.39 bits per heavy atom. The van der Waals surface area contributed by atoms with E-state index in [2.05, 4.69) is 16.0 Å². The second kappa shape index (κ2) is 20.9. The molecule has 2 aromatic rings. The predicted molar refractivity (Wildman–Crippen MR) is 196 cm³/mol. The van der Waals surface area contributed by atoms with Gasteiger partial charge in [-0.25, -0.2) is 9.59 Å². The first-order valence-electron chi connectivity index (χ1n) is 18.4. The number of amides is 3. The van der Waals surface area contributed by atoms with Crippen LogP contribution in [0.15, 0.2) is 48.5 Å². The Kier molecular flexibility index (Phi) is 16.1. The van der Waals surface area contributed by atoms with Gasteiger partial charge >= 0.3 is 30.0 Å². The van der Waals surface area contributed by atoms with Crippen LogP contribution >= 0.6 is 0 Å². The van der Waals surface area contributed by atoms with E-state index in [9.17, 15) is 38.7 Å². The molecule has 1 fully saturated rings. The molecular weight excluding hydrogens is 734 g/mol. The number of hydrogen-bond donors (Lipinski definition) is 4. The molecule has 17 heteroatoms. The Bertz CT molecular complexity index is 1690. The smallest absolute Gasteiger partial charge is 0.407 e. The number of alkyl carbamates (subject to hydrolysis) is 1. The molecule has 2 aromatic carbocycles. The summed E-state index contributed by atoms with van der Waals surface area (Å²) in [7, 11) is 0. The van der Waals surface area contributed by atoms with Crippen molar-refractivity contribution in [1.29, 1.82) is 0 Å². The predicted octanol–water partition coefficient (Wildman–Crippen LogP) is 2.72. The number of unbranched alkanes of at least 4 members (excludes halogenated alkanes) is 1. The number of carbonyl (C=O) groups excluding carboxylic acids is 6. The van der Waals surface area contributed by atoms with E-state index in [0.29, 0.717) is 12.8 Å². The lowest BCUT2D eigenvalue weighted by Crippen LogP contribution is -2.66. The van der Waals surface area contributed by atoms with E-state index in [4.69, 9.17) is 28.4 Å². The molecule has 0 bridgehead atoms. The van der Waals surface area contributed by atoms with Crippen LogP contribution in [-0.2, 0) is 57.2 Å². The van der Waals surface area contributed by atoms with Gasteiger partial charge in [-0.3, -0.25) is 24.0 Å². The van der Waals surface area contributed by atoms with E-state index < -0.39 is 72.6 Å². The lowest BCUT2D eigenvalue weighted by Gasteiger charge is -2.44. The monoisotopic (exact) mass is 783 g/mol. The summed E-state index contributed by atoms with van der Waals surface area (Å²) in [6, 6.07) is 13.5. The zero-order chi connectivity index (χ0) is 40.8. The van der Waals surface area contributed by atoms with Crippen LogP contribution in [0.2, 0.25) is 0 Å². The van der Waals surface area contributed by atoms with Gasteiger partial charge < -0.3 is 49.5 Å². The number of ether oxygens (including phenoxy) is 6. The maximum absolute atomic E-state index is 12.6. The van der Waals surface area contributed by atoms with Gasteiger partial charge in [-0.1, -0.05) is 48.5 Å². The molecule has 0 aromatic heterocycles. The highest BCUT2D eigenvalue weighted by Gasteiger charge is 2.51. The van der Waals surface area contributed by atoms with Gasteiger partial charge in [-0.15, -0.1) is 0 Å². The van der Waals surface area contributed by atoms with Gasteiger partial charge in [-0.05, 0) is 47.9 Å². The Morgan fingerprint density at radius 3 is 1.98 bits per heavy atom. The van der Waals surface area contributed by atoms with Gasteiger partial charge in [0.05, 0.1) is 6.61 Å². The van der Waals surface area contributed by atoms with Crippen molar-refractivity contribution >= 4 is 41.8 Å². The van der Waals surface area contributed by atoms with Crippen LogP contribution in [0.4, 0.5) is 4.79 Å². The van der Waals surface area contributed by atoms with Crippen LogP contribution in [0, 0.1) is 0 Å². The third kappa shape index (κ3) is 12.5. The van der Waals surface area contributed by atoms with Gasteiger partial charge in [0, 0.05) is 46.6 Å². The van der Waals surface area contributed by atoms with Crippen molar-refractivity contribution in [2.24, 2.45) is 0 Å². The molecule has 0 spiro atoms. The summed E-state index contributed by atoms with van der Waals surface area (Å²) in [5.41, 5.74) is 4.23. The van der Waals surface area contributed by atoms with E-state index in [1.54, 1.807) is 0 Å². The van der Waals surface area contributed by atoms with Gasteiger partial charge in [0.1, 0.15) is 31.4 Å². The first-order chi connectivity index (χ1) is 26.7. The van der Waals surface area contributed by atoms with Crippen LogP contribution in [0.3, 0.4) is 0 Å². The first-order valence-corrected chi connectivity index (χ1v) is 18.4. The number of aliphatic carboxylic acids is 1. The Balaban J connectivity index is 1.19. The molecule has 2 unspecified atom stereocenters. The number of rotatable bonds is 19. The number of nitrogens with one attached hydrogen (secondary N) is 3. The average molecular weight is 784 g/mol. The quantitative estimate of drug-likeness (QED) is 0.0913. The maximum atomic E-state index is 12.6. The molecule has 0 radical (unpaired) electrons. The van der Waals surface area contributed by atoms with E-state index in [-0.39, 0.29) is 57.5 Å². The van der Waals surface area contributed by atoms with Crippen LogP contribution in [0.5, 0.6) is 0 Å². The van der Waals surface area contributed by atoms with E-state index in [1.165, 1.54) is 13.8 Å². The summed E-state index contributed by atoms with van der Waals surface area (Å²) in [5.74, 6) is -4.31. The summed E-state index contributed by atoms with van der Waals surface area (Å²) >= 11 is 0. The molecule has 1 heterocycles. The SMILES string of the molecule is CC(=O)NC1[C@H](OCCCC(=O)NCCCC[C@H](NC(=O)OCC2c3ccccc3-c3ccccc32)C(=O)O)OC(COC(C)=O)[C@@H](OC(C)=O)[C@@H]1OC(C)=O.